The second-order valence-electron chi connectivity index (χ2n) is 6.90. The second-order valence-corrected chi connectivity index (χ2v) is 6.90. The van der Waals surface area contributed by atoms with E-state index in [4.69, 9.17) is 5.73 Å². The average molecular weight is 305 g/mol. The molecule has 22 heavy (non-hydrogen) atoms. The Hall–Kier alpha value is -1.13. The first-order valence-corrected chi connectivity index (χ1v) is 8.65. The van der Waals surface area contributed by atoms with Gasteiger partial charge in [-0.3, -0.25) is 4.90 Å². The van der Waals surface area contributed by atoms with Gasteiger partial charge in [0.25, 0.3) is 0 Å². The maximum Gasteiger partial charge on any atom is 0.129 e. The van der Waals surface area contributed by atoms with Crippen molar-refractivity contribution < 1.29 is 4.39 Å². The summed E-state index contributed by atoms with van der Waals surface area (Å²) in [5.74, 6) is 0.564. The topological polar surface area (TPSA) is 32.5 Å². The Morgan fingerprint density at radius 2 is 1.86 bits per heavy atom. The van der Waals surface area contributed by atoms with E-state index in [2.05, 4.69) is 22.8 Å². The predicted molar refractivity (Wildman–Crippen MR) is 89.5 cm³/mol. The van der Waals surface area contributed by atoms with Gasteiger partial charge in [-0.15, -0.1) is 0 Å². The van der Waals surface area contributed by atoms with Gasteiger partial charge >= 0.3 is 0 Å². The molecule has 0 amide bonds. The predicted octanol–water partition coefficient (Wildman–Crippen LogP) is 2.99. The Labute approximate surface area is 133 Å². The Balaban J connectivity index is 1.70. The van der Waals surface area contributed by atoms with Crippen LogP contribution in [0.1, 0.15) is 38.2 Å². The van der Waals surface area contributed by atoms with E-state index in [1.54, 1.807) is 6.07 Å². The van der Waals surface area contributed by atoms with E-state index in [1.807, 2.05) is 6.07 Å². The molecule has 0 radical (unpaired) electrons. The van der Waals surface area contributed by atoms with Gasteiger partial charge in [-0.05, 0) is 63.7 Å². The van der Waals surface area contributed by atoms with Crippen LogP contribution in [0.15, 0.2) is 18.2 Å². The molecule has 2 heterocycles. The zero-order valence-electron chi connectivity index (χ0n) is 13.6. The number of piperidine rings is 1. The van der Waals surface area contributed by atoms with Crippen molar-refractivity contribution in [3.05, 3.63) is 29.6 Å². The van der Waals surface area contributed by atoms with Crippen LogP contribution in [0.25, 0.3) is 0 Å². The minimum Gasteiger partial charge on any atom is -0.371 e. The van der Waals surface area contributed by atoms with Gasteiger partial charge in [0.05, 0.1) is 0 Å². The van der Waals surface area contributed by atoms with Crippen LogP contribution in [0.5, 0.6) is 0 Å². The second kappa shape index (κ2) is 6.97. The smallest absolute Gasteiger partial charge is 0.129 e. The summed E-state index contributed by atoms with van der Waals surface area (Å²) in [4.78, 5) is 4.73. The molecule has 0 unspecified atom stereocenters. The third-order valence-corrected chi connectivity index (χ3v) is 5.30. The molecular formula is C18H28FN3. The van der Waals surface area contributed by atoms with Crippen LogP contribution in [-0.4, -0.2) is 37.1 Å². The fraction of sp³-hybridized carbons (Fsp3) is 0.667. The van der Waals surface area contributed by atoms with Gasteiger partial charge in [0.1, 0.15) is 5.82 Å². The third kappa shape index (κ3) is 3.44. The number of likely N-dealkylation sites (tertiary alicyclic amines) is 1. The quantitative estimate of drug-likeness (QED) is 0.928. The molecule has 4 heteroatoms. The highest BCUT2D eigenvalue weighted by atomic mass is 19.1. The molecule has 0 spiro atoms. The standard InChI is InChI=1S/C18H28FN3/c1-14(20)15-7-11-21(12-8-15)13-16-17(19)5-4-6-18(16)22-9-2-3-10-22/h4-6,14-15H,2-3,7-13,20H2,1H3/t14-/m0/s1. The molecule has 3 nitrogen and oxygen atoms in total. The molecule has 2 N–H and O–H groups in total. The van der Waals surface area contributed by atoms with E-state index in [0.29, 0.717) is 5.92 Å². The lowest BCUT2D eigenvalue weighted by atomic mass is 9.90. The van der Waals surface area contributed by atoms with Crippen molar-refractivity contribution in [2.24, 2.45) is 11.7 Å². The summed E-state index contributed by atoms with van der Waals surface area (Å²) >= 11 is 0. The number of nitrogens with two attached hydrogens (primary N) is 1. The van der Waals surface area contributed by atoms with Gasteiger partial charge in [0.2, 0.25) is 0 Å². The lowest BCUT2D eigenvalue weighted by molar-refractivity contribution is 0.164. The van der Waals surface area contributed by atoms with Gasteiger partial charge in [-0.25, -0.2) is 4.39 Å². The normalized spacial score (nSPS) is 22.2. The Kier molecular flexibility index (Phi) is 4.99. The van der Waals surface area contributed by atoms with E-state index >= 15 is 0 Å². The van der Waals surface area contributed by atoms with Gasteiger partial charge in [0.15, 0.2) is 0 Å². The van der Waals surface area contributed by atoms with Crippen molar-refractivity contribution in [3.63, 3.8) is 0 Å². The Morgan fingerprint density at radius 3 is 2.50 bits per heavy atom. The third-order valence-electron chi connectivity index (χ3n) is 5.30. The number of halogens is 1. The van der Waals surface area contributed by atoms with Crippen molar-refractivity contribution in [1.29, 1.82) is 0 Å². The van der Waals surface area contributed by atoms with Crippen molar-refractivity contribution >= 4 is 5.69 Å². The van der Waals surface area contributed by atoms with Gasteiger partial charge in [0, 0.05) is 36.9 Å². The lowest BCUT2D eigenvalue weighted by Gasteiger charge is -2.34. The first-order chi connectivity index (χ1) is 10.6. The molecule has 0 aliphatic carbocycles. The van der Waals surface area contributed by atoms with Gasteiger partial charge < -0.3 is 10.6 Å². The minimum absolute atomic E-state index is 0.0567. The minimum atomic E-state index is -0.0567. The van der Waals surface area contributed by atoms with Crippen molar-refractivity contribution in [1.82, 2.24) is 4.90 Å². The Morgan fingerprint density at radius 1 is 1.18 bits per heavy atom. The van der Waals surface area contributed by atoms with E-state index in [1.165, 1.54) is 12.8 Å². The summed E-state index contributed by atoms with van der Waals surface area (Å²) in [5, 5.41) is 0. The van der Waals surface area contributed by atoms with Gasteiger partial charge in [-0.1, -0.05) is 6.07 Å². The zero-order chi connectivity index (χ0) is 15.5. The fourth-order valence-electron chi connectivity index (χ4n) is 3.82. The Bertz CT molecular complexity index is 489. The molecular weight excluding hydrogens is 277 g/mol. The first-order valence-electron chi connectivity index (χ1n) is 8.65. The molecule has 0 aromatic heterocycles. The molecule has 2 aliphatic rings. The zero-order valence-corrected chi connectivity index (χ0v) is 13.6. The maximum atomic E-state index is 14.4. The van der Waals surface area contributed by atoms with Crippen LogP contribution in [0.4, 0.5) is 10.1 Å². The summed E-state index contributed by atoms with van der Waals surface area (Å²) in [6.07, 6.45) is 4.70. The number of anilines is 1. The molecule has 1 aromatic carbocycles. The van der Waals surface area contributed by atoms with E-state index in [0.717, 1.165) is 56.8 Å². The molecule has 2 saturated heterocycles. The highest BCUT2D eigenvalue weighted by molar-refractivity contribution is 5.54. The van der Waals surface area contributed by atoms with Crippen molar-refractivity contribution in [2.75, 3.05) is 31.1 Å². The van der Waals surface area contributed by atoms with Crippen LogP contribution in [-0.2, 0) is 6.54 Å². The average Bonchev–Trinajstić information content (AvgIpc) is 3.04. The molecule has 1 aromatic rings. The van der Waals surface area contributed by atoms with Crippen molar-refractivity contribution in [2.45, 2.75) is 45.2 Å². The lowest BCUT2D eigenvalue weighted by Crippen LogP contribution is -2.39. The number of hydrogen-bond donors (Lipinski definition) is 1. The molecule has 122 valence electrons. The van der Waals surface area contributed by atoms with Crippen molar-refractivity contribution in [3.8, 4) is 0 Å². The highest BCUT2D eigenvalue weighted by Gasteiger charge is 2.24. The molecule has 3 rings (SSSR count). The number of nitrogens with zero attached hydrogens (tertiary/aromatic N) is 2. The van der Waals surface area contributed by atoms with Gasteiger partial charge in [-0.2, -0.15) is 0 Å². The van der Waals surface area contributed by atoms with Crippen LogP contribution in [0, 0.1) is 11.7 Å². The molecule has 1 atom stereocenters. The van der Waals surface area contributed by atoms with Crippen LogP contribution in [0.3, 0.4) is 0 Å². The van der Waals surface area contributed by atoms with E-state index in [9.17, 15) is 4.39 Å². The number of hydrogen-bond acceptors (Lipinski definition) is 3. The molecule has 2 fully saturated rings. The van der Waals surface area contributed by atoms with E-state index in [-0.39, 0.29) is 11.9 Å². The largest absolute Gasteiger partial charge is 0.371 e. The number of rotatable bonds is 4. The molecule has 2 aliphatic heterocycles. The summed E-state index contributed by atoms with van der Waals surface area (Å²) in [7, 11) is 0. The SMILES string of the molecule is C[C@H](N)C1CCN(Cc2c(F)cccc2N2CCCC2)CC1. The molecule has 0 saturated carbocycles. The molecule has 0 bridgehead atoms. The monoisotopic (exact) mass is 305 g/mol. The van der Waals surface area contributed by atoms with E-state index < -0.39 is 0 Å². The maximum absolute atomic E-state index is 14.4. The fourth-order valence-corrected chi connectivity index (χ4v) is 3.82. The summed E-state index contributed by atoms with van der Waals surface area (Å²) in [5.41, 5.74) is 7.99. The van der Waals surface area contributed by atoms with Crippen LogP contribution in [0.2, 0.25) is 0 Å². The highest BCUT2D eigenvalue weighted by Crippen LogP contribution is 2.29. The summed E-state index contributed by atoms with van der Waals surface area (Å²) in [6, 6.07) is 5.80. The van der Waals surface area contributed by atoms with Crippen LogP contribution < -0.4 is 10.6 Å². The first kappa shape index (κ1) is 15.8. The summed E-state index contributed by atoms with van der Waals surface area (Å²) < 4.78 is 14.4. The number of benzene rings is 1. The summed E-state index contributed by atoms with van der Waals surface area (Å²) in [6.45, 7) is 7.00. The van der Waals surface area contributed by atoms with Crippen LogP contribution >= 0.6 is 0 Å².